The normalized spacial score (nSPS) is 9.89. The van der Waals surface area contributed by atoms with E-state index in [9.17, 15) is 9.59 Å². The molecule has 0 heterocycles. The van der Waals surface area contributed by atoms with Crippen LogP contribution in [-0.2, 0) is 9.59 Å². The zero-order chi connectivity index (χ0) is 13.5. The number of hydrogen-bond acceptors (Lipinski definition) is 3. The molecule has 1 aromatic carbocycles. The molecule has 1 aromatic rings. The van der Waals surface area contributed by atoms with Gasteiger partial charge in [-0.05, 0) is 24.3 Å². The highest BCUT2D eigenvalue weighted by Gasteiger charge is 2.15. The molecule has 0 unspecified atom stereocenters. The highest BCUT2D eigenvalue weighted by atomic mass is 16.5. The second-order valence-electron chi connectivity index (χ2n) is 3.74. The fraction of sp³-hybridized carbons (Fsp3) is 0.385. The molecule has 0 atom stereocenters. The largest absolute Gasteiger partial charge is 0.497 e. The van der Waals surface area contributed by atoms with Crippen LogP contribution in [0.25, 0.3) is 0 Å². The number of hydrogen-bond donors (Lipinski definition) is 1. The van der Waals surface area contributed by atoms with Crippen molar-refractivity contribution in [3.05, 3.63) is 24.3 Å². The fourth-order valence-corrected chi connectivity index (χ4v) is 1.56. The molecule has 0 aliphatic heterocycles. The molecule has 1 N–H and O–H groups in total. The number of carboxylic acids is 1. The Bertz CT molecular complexity index is 414. The van der Waals surface area contributed by atoms with Crippen LogP contribution >= 0.6 is 0 Å². The van der Waals surface area contributed by atoms with Gasteiger partial charge in [0, 0.05) is 18.7 Å². The molecule has 1 rings (SSSR count). The van der Waals surface area contributed by atoms with Gasteiger partial charge in [0.05, 0.1) is 13.5 Å². The summed E-state index contributed by atoms with van der Waals surface area (Å²) in [5.41, 5.74) is 0.684. The van der Waals surface area contributed by atoms with Crippen molar-refractivity contribution in [2.24, 2.45) is 0 Å². The predicted molar refractivity (Wildman–Crippen MR) is 67.9 cm³/mol. The predicted octanol–water partition coefficient (Wildman–Crippen LogP) is 1.91. The summed E-state index contributed by atoms with van der Waals surface area (Å²) in [7, 11) is 1.56. The van der Waals surface area contributed by atoms with E-state index in [4.69, 9.17) is 9.84 Å². The summed E-state index contributed by atoms with van der Waals surface area (Å²) in [6.07, 6.45) is 0.267. The van der Waals surface area contributed by atoms with E-state index >= 15 is 0 Å². The van der Waals surface area contributed by atoms with E-state index in [-0.39, 0.29) is 18.9 Å². The third-order valence-electron chi connectivity index (χ3n) is 2.54. The van der Waals surface area contributed by atoms with Gasteiger partial charge in [-0.1, -0.05) is 6.92 Å². The molecule has 0 fully saturated rings. The van der Waals surface area contributed by atoms with Gasteiger partial charge >= 0.3 is 5.97 Å². The maximum absolute atomic E-state index is 11.8. The summed E-state index contributed by atoms with van der Waals surface area (Å²) in [6, 6.07) is 6.97. The molecule has 0 aliphatic rings. The van der Waals surface area contributed by atoms with E-state index in [1.165, 1.54) is 4.90 Å². The van der Waals surface area contributed by atoms with E-state index < -0.39 is 5.97 Å². The minimum atomic E-state index is -0.919. The van der Waals surface area contributed by atoms with Crippen LogP contribution in [0.2, 0.25) is 0 Å². The Hall–Kier alpha value is -2.04. The molecule has 0 aromatic heterocycles. The molecule has 0 spiro atoms. The number of rotatable bonds is 6. The third kappa shape index (κ3) is 3.76. The van der Waals surface area contributed by atoms with Crippen molar-refractivity contribution in [1.29, 1.82) is 0 Å². The van der Waals surface area contributed by atoms with Crippen molar-refractivity contribution in [3.63, 3.8) is 0 Å². The maximum atomic E-state index is 11.8. The molecule has 1 amide bonds. The summed E-state index contributed by atoms with van der Waals surface area (Å²) in [6.45, 7) is 1.92. The molecule has 0 bridgehead atoms. The number of carbonyl (C=O) groups excluding carboxylic acids is 1. The summed E-state index contributed by atoms with van der Waals surface area (Å²) in [5, 5.41) is 8.69. The molecule has 0 saturated heterocycles. The smallest absolute Gasteiger partial charge is 0.305 e. The summed E-state index contributed by atoms with van der Waals surface area (Å²) in [5.74, 6) is -0.320. The molecule has 5 heteroatoms. The fourth-order valence-electron chi connectivity index (χ4n) is 1.56. The lowest BCUT2D eigenvalue weighted by Crippen LogP contribution is -2.32. The van der Waals surface area contributed by atoms with Crippen molar-refractivity contribution in [2.45, 2.75) is 19.8 Å². The standard InChI is InChI=1S/C13H17NO4/c1-3-12(15)14(9-8-13(16)17)10-4-6-11(18-2)7-5-10/h4-7H,3,8-9H2,1-2H3,(H,16,17). The van der Waals surface area contributed by atoms with Crippen molar-refractivity contribution in [2.75, 3.05) is 18.6 Å². The van der Waals surface area contributed by atoms with E-state index in [1.807, 2.05) is 0 Å². The third-order valence-corrected chi connectivity index (χ3v) is 2.54. The van der Waals surface area contributed by atoms with Crippen LogP contribution in [0.3, 0.4) is 0 Å². The van der Waals surface area contributed by atoms with Crippen LogP contribution in [0.15, 0.2) is 24.3 Å². The quantitative estimate of drug-likeness (QED) is 0.838. The lowest BCUT2D eigenvalue weighted by molar-refractivity contribution is -0.136. The zero-order valence-corrected chi connectivity index (χ0v) is 10.5. The first kappa shape index (κ1) is 14.0. The van der Waals surface area contributed by atoms with Crippen LogP contribution in [0.4, 0.5) is 5.69 Å². The Morgan fingerprint density at radius 1 is 1.28 bits per heavy atom. The lowest BCUT2D eigenvalue weighted by Gasteiger charge is -2.21. The van der Waals surface area contributed by atoms with Crippen LogP contribution in [0.5, 0.6) is 5.75 Å². The average molecular weight is 251 g/mol. The first-order valence-corrected chi connectivity index (χ1v) is 5.74. The van der Waals surface area contributed by atoms with E-state index in [0.717, 1.165) is 0 Å². The number of methoxy groups -OCH3 is 1. The van der Waals surface area contributed by atoms with Crippen LogP contribution in [0.1, 0.15) is 19.8 Å². The second-order valence-corrected chi connectivity index (χ2v) is 3.74. The van der Waals surface area contributed by atoms with Crippen LogP contribution < -0.4 is 9.64 Å². The van der Waals surface area contributed by atoms with Crippen LogP contribution in [0, 0.1) is 0 Å². The molecule has 0 aliphatic carbocycles. The van der Waals surface area contributed by atoms with Gasteiger partial charge in [0.25, 0.3) is 0 Å². The first-order chi connectivity index (χ1) is 8.58. The Kier molecular flexibility index (Phi) is 5.17. The maximum Gasteiger partial charge on any atom is 0.305 e. The highest BCUT2D eigenvalue weighted by molar-refractivity contribution is 5.93. The molecular formula is C13H17NO4. The molecule has 0 radical (unpaired) electrons. The second kappa shape index (κ2) is 6.64. The molecule has 98 valence electrons. The Morgan fingerprint density at radius 2 is 1.89 bits per heavy atom. The van der Waals surface area contributed by atoms with Gasteiger partial charge in [-0.25, -0.2) is 0 Å². The first-order valence-electron chi connectivity index (χ1n) is 5.74. The summed E-state index contributed by atoms with van der Waals surface area (Å²) < 4.78 is 5.04. The van der Waals surface area contributed by atoms with Gasteiger partial charge in [-0.2, -0.15) is 0 Å². The van der Waals surface area contributed by atoms with Gasteiger partial charge < -0.3 is 14.7 Å². The van der Waals surface area contributed by atoms with Gasteiger partial charge in [0.15, 0.2) is 0 Å². The minimum Gasteiger partial charge on any atom is -0.497 e. The van der Waals surface area contributed by atoms with Crippen molar-refractivity contribution in [3.8, 4) is 5.75 Å². The summed E-state index contributed by atoms with van der Waals surface area (Å²) >= 11 is 0. The highest BCUT2D eigenvalue weighted by Crippen LogP contribution is 2.20. The van der Waals surface area contributed by atoms with E-state index in [1.54, 1.807) is 38.3 Å². The topological polar surface area (TPSA) is 66.8 Å². The van der Waals surface area contributed by atoms with Gasteiger partial charge in [-0.3, -0.25) is 9.59 Å². The Morgan fingerprint density at radius 3 is 2.33 bits per heavy atom. The van der Waals surface area contributed by atoms with E-state index in [2.05, 4.69) is 0 Å². The van der Waals surface area contributed by atoms with Crippen molar-refractivity contribution < 1.29 is 19.4 Å². The lowest BCUT2D eigenvalue weighted by atomic mass is 10.2. The SMILES string of the molecule is CCC(=O)N(CCC(=O)O)c1ccc(OC)cc1. The monoisotopic (exact) mass is 251 g/mol. The number of nitrogens with zero attached hydrogens (tertiary/aromatic N) is 1. The number of carbonyl (C=O) groups is 2. The number of anilines is 1. The Labute approximate surface area is 106 Å². The number of amides is 1. The van der Waals surface area contributed by atoms with E-state index in [0.29, 0.717) is 17.9 Å². The zero-order valence-electron chi connectivity index (χ0n) is 10.5. The number of benzene rings is 1. The summed E-state index contributed by atoms with van der Waals surface area (Å²) in [4.78, 5) is 23.8. The number of ether oxygens (including phenoxy) is 1. The average Bonchev–Trinajstić information content (AvgIpc) is 2.39. The Balaban J connectivity index is 2.86. The minimum absolute atomic E-state index is 0.0717. The number of aliphatic carboxylic acids is 1. The van der Waals surface area contributed by atoms with Gasteiger partial charge in [0.2, 0.25) is 5.91 Å². The number of carboxylic acid groups (broad SMARTS) is 1. The van der Waals surface area contributed by atoms with Gasteiger partial charge in [-0.15, -0.1) is 0 Å². The van der Waals surface area contributed by atoms with Gasteiger partial charge in [0.1, 0.15) is 5.75 Å². The van der Waals surface area contributed by atoms with Crippen molar-refractivity contribution >= 4 is 17.6 Å². The van der Waals surface area contributed by atoms with Crippen LogP contribution in [-0.4, -0.2) is 30.6 Å². The van der Waals surface area contributed by atoms with Crippen molar-refractivity contribution in [1.82, 2.24) is 0 Å². The molecule has 18 heavy (non-hydrogen) atoms. The molecular weight excluding hydrogens is 234 g/mol. The molecule has 0 saturated carbocycles. The molecule has 5 nitrogen and oxygen atoms in total.